The first kappa shape index (κ1) is 17.5. The van der Waals surface area contributed by atoms with Crippen LogP contribution in [0.15, 0.2) is 17.1 Å². The number of ether oxygens (including phenoxy) is 1. The summed E-state index contributed by atoms with van der Waals surface area (Å²) in [6.45, 7) is 8.61. The summed E-state index contributed by atoms with van der Waals surface area (Å²) in [5, 5.41) is 0.625. The first-order chi connectivity index (χ1) is 12.5. The van der Waals surface area contributed by atoms with Gasteiger partial charge in [-0.1, -0.05) is 6.92 Å². The van der Waals surface area contributed by atoms with Crippen molar-refractivity contribution < 1.29 is 4.74 Å². The molecule has 1 aromatic heterocycles. The van der Waals surface area contributed by atoms with E-state index in [9.17, 15) is 0 Å². The standard InChI is InChI=1S/C20H26N4OS/c1-14-15(2)17(25-19-22-18(23-26-19)20(3)9-10-20)8-7-16(14)21-13-24-11-5-4-6-12-24/h7-8,13H,4-6,9-12H2,1-3H3. The van der Waals surface area contributed by atoms with Crippen LogP contribution in [0.25, 0.3) is 0 Å². The first-order valence-corrected chi connectivity index (χ1v) is 10.2. The molecule has 26 heavy (non-hydrogen) atoms. The van der Waals surface area contributed by atoms with E-state index < -0.39 is 0 Å². The van der Waals surface area contributed by atoms with E-state index >= 15 is 0 Å². The van der Waals surface area contributed by atoms with Gasteiger partial charge in [0, 0.05) is 30.0 Å². The zero-order chi connectivity index (χ0) is 18.1. The van der Waals surface area contributed by atoms with Gasteiger partial charge in [0.25, 0.3) is 5.19 Å². The molecule has 0 amide bonds. The number of likely N-dealkylation sites (tertiary alicyclic amines) is 1. The molecule has 0 radical (unpaired) electrons. The van der Waals surface area contributed by atoms with Crippen molar-refractivity contribution in [2.45, 2.75) is 58.3 Å². The molecular weight excluding hydrogens is 344 g/mol. The van der Waals surface area contributed by atoms with Gasteiger partial charge < -0.3 is 9.64 Å². The van der Waals surface area contributed by atoms with Crippen LogP contribution in [-0.2, 0) is 5.41 Å². The highest BCUT2D eigenvalue weighted by molar-refractivity contribution is 7.07. The maximum atomic E-state index is 6.03. The summed E-state index contributed by atoms with van der Waals surface area (Å²) in [4.78, 5) is 11.6. The molecular formula is C20H26N4OS. The molecule has 0 bridgehead atoms. The van der Waals surface area contributed by atoms with Crippen LogP contribution in [0.2, 0.25) is 0 Å². The van der Waals surface area contributed by atoms with E-state index in [4.69, 9.17) is 9.73 Å². The van der Waals surface area contributed by atoms with Crippen LogP contribution in [0.4, 0.5) is 5.69 Å². The van der Waals surface area contributed by atoms with Gasteiger partial charge in [-0.25, -0.2) is 4.99 Å². The molecule has 2 fully saturated rings. The molecule has 1 aliphatic heterocycles. The molecule has 1 saturated carbocycles. The van der Waals surface area contributed by atoms with E-state index in [2.05, 4.69) is 35.0 Å². The second-order valence-corrected chi connectivity index (χ2v) is 8.44. The van der Waals surface area contributed by atoms with E-state index in [0.29, 0.717) is 5.19 Å². The Morgan fingerprint density at radius 3 is 2.65 bits per heavy atom. The Morgan fingerprint density at radius 1 is 1.15 bits per heavy atom. The fraction of sp³-hybridized carbons (Fsp3) is 0.550. The SMILES string of the molecule is Cc1c(N=CN2CCCCC2)ccc(Oc2nc(C3(C)CC3)ns2)c1C. The summed E-state index contributed by atoms with van der Waals surface area (Å²) in [7, 11) is 0. The highest BCUT2D eigenvalue weighted by Gasteiger charge is 2.43. The third kappa shape index (κ3) is 3.61. The summed E-state index contributed by atoms with van der Waals surface area (Å²) < 4.78 is 10.5. The predicted molar refractivity (Wildman–Crippen MR) is 106 cm³/mol. The molecule has 6 heteroatoms. The number of piperidine rings is 1. The van der Waals surface area contributed by atoms with E-state index in [0.717, 1.165) is 41.5 Å². The molecule has 138 valence electrons. The van der Waals surface area contributed by atoms with Gasteiger partial charge in [-0.05, 0) is 69.2 Å². The Hall–Kier alpha value is -1.95. The fourth-order valence-corrected chi connectivity index (χ4v) is 3.89. The molecule has 5 nitrogen and oxygen atoms in total. The Bertz CT molecular complexity index is 819. The van der Waals surface area contributed by atoms with Crippen LogP contribution < -0.4 is 4.74 Å². The minimum atomic E-state index is 0.177. The number of aromatic nitrogens is 2. The van der Waals surface area contributed by atoms with Crippen molar-refractivity contribution in [3.8, 4) is 10.9 Å². The van der Waals surface area contributed by atoms with Crippen LogP contribution >= 0.6 is 11.5 Å². The zero-order valence-electron chi connectivity index (χ0n) is 15.8. The molecule has 1 saturated heterocycles. The number of hydrogen-bond donors (Lipinski definition) is 0. The molecule has 0 spiro atoms. The van der Waals surface area contributed by atoms with Crippen molar-refractivity contribution in [2.24, 2.45) is 4.99 Å². The maximum absolute atomic E-state index is 6.03. The van der Waals surface area contributed by atoms with Gasteiger partial charge in [-0.2, -0.15) is 9.36 Å². The van der Waals surface area contributed by atoms with Crippen LogP contribution in [0.5, 0.6) is 10.9 Å². The first-order valence-electron chi connectivity index (χ1n) is 9.46. The lowest BCUT2D eigenvalue weighted by molar-refractivity contribution is 0.351. The Balaban J connectivity index is 1.48. The van der Waals surface area contributed by atoms with Crippen molar-refractivity contribution in [2.75, 3.05) is 13.1 Å². The largest absolute Gasteiger partial charge is 0.430 e. The Labute approximate surface area is 159 Å². The van der Waals surface area contributed by atoms with Crippen molar-refractivity contribution in [3.63, 3.8) is 0 Å². The van der Waals surface area contributed by atoms with Gasteiger partial charge in [0.2, 0.25) is 0 Å². The normalized spacial score (nSPS) is 19.1. The fourth-order valence-electron chi connectivity index (χ4n) is 3.21. The lowest BCUT2D eigenvalue weighted by Gasteiger charge is -2.24. The predicted octanol–water partition coefficient (Wildman–Crippen LogP) is 5.14. The summed E-state index contributed by atoms with van der Waals surface area (Å²) in [5.74, 6) is 1.76. The topological polar surface area (TPSA) is 50.6 Å². The second-order valence-electron chi connectivity index (χ2n) is 7.72. The third-order valence-electron chi connectivity index (χ3n) is 5.60. The summed E-state index contributed by atoms with van der Waals surface area (Å²) in [6.07, 6.45) is 8.20. The van der Waals surface area contributed by atoms with E-state index in [-0.39, 0.29) is 5.41 Å². The van der Waals surface area contributed by atoms with Gasteiger partial charge in [-0.3, -0.25) is 0 Å². The Kier molecular flexibility index (Phi) is 4.69. The van der Waals surface area contributed by atoms with Crippen LogP contribution in [0.1, 0.15) is 56.0 Å². The van der Waals surface area contributed by atoms with Crippen LogP contribution in [-0.4, -0.2) is 33.7 Å². The minimum Gasteiger partial charge on any atom is -0.430 e. The monoisotopic (exact) mass is 370 g/mol. The summed E-state index contributed by atoms with van der Waals surface area (Å²) in [6, 6.07) is 4.02. The zero-order valence-corrected chi connectivity index (χ0v) is 16.6. The van der Waals surface area contributed by atoms with Crippen molar-refractivity contribution in [1.29, 1.82) is 0 Å². The quantitative estimate of drug-likeness (QED) is 0.540. The van der Waals surface area contributed by atoms with Crippen molar-refractivity contribution in [1.82, 2.24) is 14.3 Å². The van der Waals surface area contributed by atoms with Gasteiger partial charge in [0.1, 0.15) is 5.75 Å². The smallest absolute Gasteiger partial charge is 0.298 e. The van der Waals surface area contributed by atoms with E-state index in [1.54, 1.807) is 0 Å². The number of rotatable bonds is 5. The number of benzene rings is 1. The Morgan fingerprint density at radius 2 is 1.92 bits per heavy atom. The van der Waals surface area contributed by atoms with Gasteiger partial charge in [0.15, 0.2) is 5.82 Å². The molecule has 1 aromatic carbocycles. The summed E-state index contributed by atoms with van der Waals surface area (Å²) >= 11 is 1.34. The highest BCUT2D eigenvalue weighted by Crippen LogP contribution is 2.47. The molecule has 0 N–H and O–H groups in total. The lowest BCUT2D eigenvalue weighted by atomic mass is 10.1. The van der Waals surface area contributed by atoms with E-state index in [1.807, 2.05) is 18.5 Å². The maximum Gasteiger partial charge on any atom is 0.298 e. The number of nitrogens with zero attached hydrogens (tertiary/aromatic N) is 4. The summed E-state index contributed by atoms with van der Waals surface area (Å²) in [5.41, 5.74) is 3.43. The molecule has 4 rings (SSSR count). The average molecular weight is 371 g/mol. The molecule has 2 aromatic rings. The lowest BCUT2D eigenvalue weighted by Crippen LogP contribution is -2.28. The molecule has 0 atom stereocenters. The van der Waals surface area contributed by atoms with E-state index in [1.165, 1.54) is 43.6 Å². The minimum absolute atomic E-state index is 0.177. The second kappa shape index (κ2) is 6.99. The molecule has 0 unspecified atom stereocenters. The molecule has 2 aliphatic rings. The molecule has 2 heterocycles. The van der Waals surface area contributed by atoms with Crippen molar-refractivity contribution in [3.05, 3.63) is 29.1 Å². The van der Waals surface area contributed by atoms with Crippen LogP contribution in [0.3, 0.4) is 0 Å². The number of hydrogen-bond acceptors (Lipinski definition) is 5. The number of aliphatic imine (C=N–C) groups is 1. The van der Waals surface area contributed by atoms with Crippen molar-refractivity contribution >= 4 is 23.6 Å². The highest BCUT2D eigenvalue weighted by atomic mass is 32.1. The van der Waals surface area contributed by atoms with Crippen LogP contribution in [0, 0.1) is 13.8 Å². The van der Waals surface area contributed by atoms with Gasteiger partial charge >= 0.3 is 0 Å². The average Bonchev–Trinajstić information content (AvgIpc) is 3.22. The third-order valence-corrected chi connectivity index (χ3v) is 6.20. The van der Waals surface area contributed by atoms with Gasteiger partial charge in [0.05, 0.1) is 12.0 Å². The van der Waals surface area contributed by atoms with Gasteiger partial charge in [-0.15, -0.1) is 0 Å². The molecule has 1 aliphatic carbocycles.